The van der Waals surface area contributed by atoms with Gasteiger partial charge in [-0.05, 0) is 24.6 Å². The summed E-state index contributed by atoms with van der Waals surface area (Å²) in [6.45, 7) is 1.83. The maximum atomic E-state index is 10.9. The van der Waals surface area contributed by atoms with Crippen molar-refractivity contribution >= 4 is 17.6 Å². The van der Waals surface area contributed by atoms with Crippen LogP contribution in [-0.4, -0.2) is 11.9 Å². The number of rotatable bonds is 2. The number of amides is 3. The van der Waals surface area contributed by atoms with Crippen molar-refractivity contribution in [2.24, 2.45) is 11.5 Å². The molecule has 5 heteroatoms. The van der Waals surface area contributed by atoms with E-state index in [1.807, 2.05) is 6.92 Å². The number of carbonyl (C=O) groups excluding carboxylic acids is 2. The van der Waals surface area contributed by atoms with Crippen molar-refractivity contribution in [2.75, 3.05) is 5.32 Å². The molecule has 0 radical (unpaired) electrons. The third-order valence-corrected chi connectivity index (χ3v) is 1.70. The van der Waals surface area contributed by atoms with Gasteiger partial charge in [0.1, 0.15) is 0 Å². The molecule has 74 valence electrons. The van der Waals surface area contributed by atoms with Crippen LogP contribution in [0.3, 0.4) is 0 Å². The van der Waals surface area contributed by atoms with Crippen LogP contribution in [0.5, 0.6) is 0 Å². The molecule has 0 atom stereocenters. The van der Waals surface area contributed by atoms with E-state index < -0.39 is 11.9 Å². The zero-order valence-corrected chi connectivity index (χ0v) is 7.70. The molecule has 5 N–H and O–H groups in total. The van der Waals surface area contributed by atoms with Crippen molar-refractivity contribution in [1.29, 1.82) is 0 Å². The van der Waals surface area contributed by atoms with Crippen molar-refractivity contribution in [3.05, 3.63) is 29.3 Å². The van der Waals surface area contributed by atoms with Crippen LogP contribution >= 0.6 is 0 Å². The van der Waals surface area contributed by atoms with Gasteiger partial charge in [-0.3, -0.25) is 4.79 Å². The van der Waals surface area contributed by atoms with E-state index in [2.05, 4.69) is 5.32 Å². The molecule has 1 rings (SSSR count). The van der Waals surface area contributed by atoms with E-state index in [0.717, 1.165) is 5.56 Å². The van der Waals surface area contributed by atoms with Crippen molar-refractivity contribution < 1.29 is 9.59 Å². The third-order valence-electron chi connectivity index (χ3n) is 1.70. The van der Waals surface area contributed by atoms with Crippen LogP contribution in [0.2, 0.25) is 0 Å². The van der Waals surface area contributed by atoms with E-state index in [4.69, 9.17) is 11.5 Å². The molecular formula is C9H11N3O2. The Bertz CT molecular complexity index is 388. The summed E-state index contributed by atoms with van der Waals surface area (Å²) in [6, 6.07) is 4.18. The first-order valence-corrected chi connectivity index (χ1v) is 3.97. The Morgan fingerprint density at radius 1 is 1.29 bits per heavy atom. The SMILES string of the molecule is Cc1ccc(C(N)=O)c(NC(N)=O)c1. The van der Waals surface area contributed by atoms with E-state index in [1.54, 1.807) is 18.2 Å². The fourth-order valence-corrected chi connectivity index (χ4v) is 1.11. The minimum atomic E-state index is -0.724. The molecular weight excluding hydrogens is 182 g/mol. The van der Waals surface area contributed by atoms with Gasteiger partial charge in [0.15, 0.2) is 0 Å². The van der Waals surface area contributed by atoms with Gasteiger partial charge in [0.25, 0.3) is 5.91 Å². The quantitative estimate of drug-likeness (QED) is 0.640. The molecule has 0 spiro atoms. The summed E-state index contributed by atoms with van der Waals surface area (Å²) in [5.41, 5.74) is 11.5. The Morgan fingerprint density at radius 2 is 1.93 bits per heavy atom. The predicted octanol–water partition coefficient (Wildman–Crippen LogP) is 0.585. The monoisotopic (exact) mass is 193 g/mol. The zero-order chi connectivity index (χ0) is 10.7. The first-order chi connectivity index (χ1) is 6.50. The highest BCUT2D eigenvalue weighted by Crippen LogP contribution is 2.16. The van der Waals surface area contributed by atoms with Crippen LogP contribution in [0.1, 0.15) is 15.9 Å². The smallest absolute Gasteiger partial charge is 0.316 e. The Hall–Kier alpha value is -2.04. The summed E-state index contributed by atoms with van der Waals surface area (Å²) < 4.78 is 0. The van der Waals surface area contributed by atoms with Gasteiger partial charge in [0, 0.05) is 0 Å². The lowest BCUT2D eigenvalue weighted by atomic mass is 10.1. The van der Waals surface area contributed by atoms with Gasteiger partial charge in [0.05, 0.1) is 11.3 Å². The molecule has 0 unspecified atom stereocenters. The second kappa shape index (κ2) is 3.78. The Morgan fingerprint density at radius 3 is 2.43 bits per heavy atom. The number of nitrogens with one attached hydrogen (secondary N) is 1. The Labute approximate surface area is 81.1 Å². The summed E-state index contributed by atoms with van der Waals surface area (Å²) in [5, 5.41) is 2.33. The largest absolute Gasteiger partial charge is 0.366 e. The van der Waals surface area contributed by atoms with Crippen LogP contribution in [0.15, 0.2) is 18.2 Å². The van der Waals surface area contributed by atoms with Gasteiger partial charge in [0.2, 0.25) is 0 Å². The first-order valence-electron chi connectivity index (χ1n) is 3.97. The molecule has 3 amide bonds. The summed E-state index contributed by atoms with van der Waals surface area (Å²) in [4.78, 5) is 21.6. The fourth-order valence-electron chi connectivity index (χ4n) is 1.11. The number of hydrogen-bond acceptors (Lipinski definition) is 2. The standard InChI is InChI=1S/C9H11N3O2/c1-5-2-3-6(8(10)13)7(4-5)12-9(11)14/h2-4H,1H3,(H2,10,13)(H3,11,12,14). The maximum absolute atomic E-state index is 10.9. The molecule has 0 aliphatic heterocycles. The van der Waals surface area contributed by atoms with Gasteiger partial charge in [-0.15, -0.1) is 0 Å². The number of carbonyl (C=O) groups is 2. The fraction of sp³-hybridized carbons (Fsp3) is 0.111. The third kappa shape index (κ3) is 2.22. The van der Waals surface area contributed by atoms with Crippen molar-refractivity contribution in [3.63, 3.8) is 0 Å². The number of benzene rings is 1. The summed E-state index contributed by atoms with van der Waals surface area (Å²) in [6.07, 6.45) is 0. The minimum Gasteiger partial charge on any atom is -0.366 e. The van der Waals surface area contributed by atoms with E-state index in [9.17, 15) is 9.59 Å². The molecule has 0 saturated heterocycles. The second-order valence-corrected chi connectivity index (χ2v) is 2.90. The molecule has 14 heavy (non-hydrogen) atoms. The van der Waals surface area contributed by atoms with E-state index >= 15 is 0 Å². The number of anilines is 1. The molecule has 0 heterocycles. The predicted molar refractivity (Wildman–Crippen MR) is 52.9 cm³/mol. The lowest BCUT2D eigenvalue weighted by molar-refractivity contribution is 0.100. The van der Waals surface area contributed by atoms with E-state index in [0.29, 0.717) is 5.69 Å². The molecule has 1 aromatic rings. The van der Waals surface area contributed by atoms with Crippen LogP contribution < -0.4 is 16.8 Å². The van der Waals surface area contributed by atoms with Crippen LogP contribution in [0.25, 0.3) is 0 Å². The van der Waals surface area contributed by atoms with Crippen molar-refractivity contribution in [1.82, 2.24) is 0 Å². The minimum absolute atomic E-state index is 0.245. The summed E-state index contributed by atoms with van der Waals surface area (Å²) >= 11 is 0. The first kappa shape index (κ1) is 10.0. The van der Waals surface area contributed by atoms with Gasteiger partial charge in [-0.2, -0.15) is 0 Å². The Balaban J connectivity index is 3.15. The van der Waals surface area contributed by atoms with Gasteiger partial charge >= 0.3 is 6.03 Å². The molecule has 0 aliphatic rings. The van der Waals surface area contributed by atoms with Crippen LogP contribution in [0, 0.1) is 6.92 Å². The molecule has 0 aromatic heterocycles. The molecule has 5 nitrogen and oxygen atoms in total. The molecule has 0 fully saturated rings. The van der Waals surface area contributed by atoms with E-state index in [-0.39, 0.29) is 5.56 Å². The number of nitrogens with two attached hydrogens (primary N) is 2. The lowest BCUT2D eigenvalue weighted by Gasteiger charge is -2.07. The van der Waals surface area contributed by atoms with E-state index in [1.165, 1.54) is 0 Å². The molecule has 0 saturated carbocycles. The van der Waals surface area contributed by atoms with Crippen LogP contribution in [0.4, 0.5) is 10.5 Å². The zero-order valence-electron chi connectivity index (χ0n) is 7.70. The topological polar surface area (TPSA) is 98.2 Å². The van der Waals surface area contributed by atoms with Crippen molar-refractivity contribution in [2.45, 2.75) is 6.92 Å². The van der Waals surface area contributed by atoms with Gasteiger partial charge in [-0.25, -0.2) is 4.79 Å². The molecule has 0 bridgehead atoms. The Kier molecular flexibility index (Phi) is 2.71. The average molecular weight is 193 g/mol. The average Bonchev–Trinajstić information content (AvgIpc) is 2.01. The normalized spacial score (nSPS) is 9.50. The number of hydrogen-bond donors (Lipinski definition) is 3. The second-order valence-electron chi connectivity index (χ2n) is 2.90. The van der Waals surface area contributed by atoms with Gasteiger partial charge in [-0.1, -0.05) is 6.07 Å². The summed E-state index contributed by atoms with van der Waals surface area (Å²) in [5.74, 6) is -0.603. The molecule has 1 aromatic carbocycles. The number of primary amides is 2. The number of aryl methyl sites for hydroxylation is 1. The van der Waals surface area contributed by atoms with Crippen LogP contribution in [-0.2, 0) is 0 Å². The lowest BCUT2D eigenvalue weighted by Crippen LogP contribution is -2.22. The number of urea groups is 1. The highest BCUT2D eigenvalue weighted by molar-refractivity contribution is 6.02. The summed E-state index contributed by atoms with van der Waals surface area (Å²) in [7, 11) is 0. The molecule has 0 aliphatic carbocycles. The van der Waals surface area contributed by atoms with Gasteiger partial charge < -0.3 is 16.8 Å². The highest BCUT2D eigenvalue weighted by atomic mass is 16.2. The van der Waals surface area contributed by atoms with Crippen molar-refractivity contribution in [3.8, 4) is 0 Å². The highest BCUT2D eigenvalue weighted by Gasteiger charge is 2.08. The maximum Gasteiger partial charge on any atom is 0.316 e.